The number of ether oxygens (including phenoxy) is 1. The Hall–Kier alpha value is -1.34. The molecular weight excluding hydrogens is 332 g/mol. The van der Waals surface area contributed by atoms with Gasteiger partial charge in [0, 0.05) is 6.26 Å². The summed E-state index contributed by atoms with van der Waals surface area (Å²) in [6, 6.07) is 4.83. The molecule has 0 bridgehead atoms. The van der Waals surface area contributed by atoms with Gasteiger partial charge in [-0.3, -0.25) is 0 Å². The van der Waals surface area contributed by atoms with Crippen LogP contribution >= 0.6 is 0 Å². The van der Waals surface area contributed by atoms with Gasteiger partial charge in [-0.1, -0.05) is 20.8 Å². The van der Waals surface area contributed by atoms with Crippen molar-refractivity contribution in [3.63, 3.8) is 0 Å². The molecule has 0 heterocycles. The molecule has 0 aromatic heterocycles. The van der Waals surface area contributed by atoms with Crippen LogP contribution in [0.4, 0.5) is 0 Å². The first-order valence-corrected chi connectivity index (χ1v) is 12.3. The zero-order valence-electron chi connectivity index (χ0n) is 14.9. The highest BCUT2D eigenvalue weighted by Crippen LogP contribution is 2.37. The summed E-state index contributed by atoms with van der Waals surface area (Å²) in [5.41, 5.74) is 0.812. The van der Waals surface area contributed by atoms with Crippen molar-refractivity contribution < 1.29 is 22.4 Å². The van der Waals surface area contributed by atoms with Crippen LogP contribution in [0.3, 0.4) is 0 Å². The Bertz CT molecular complexity index is 687. The van der Waals surface area contributed by atoms with Gasteiger partial charge in [0.1, 0.15) is 5.75 Å². The molecule has 1 aromatic carbocycles. The Morgan fingerprint density at radius 1 is 1.17 bits per heavy atom. The number of hydrogen-bond donors (Lipinski definition) is 0. The van der Waals surface area contributed by atoms with E-state index in [9.17, 15) is 13.2 Å². The molecule has 0 saturated carbocycles. The SMILES string of the molecule is COC(=O)c1cc(CS(C)(=O)=O)cc(O[Si](C)(C)C(C)(C)C)c1. The number of carbonyl (C=O) groups excluding carboxylic acids is 1. The van der Waals surface area contributed by atoms with Crippen LogP contribution in [0.1, 0.15) is 36.7 Å². The Labute approximate surface area is 140 Å². The molecular formula is C16H26O5SSi. The molecule has 23 heavy (non-hydrogen) atoms. The van der Waals surface area contributed by atoms with Crippen LogP contribution in [-0.2, 0) is 20.3 Å². The van der Waals surface area contributed by atoms with Crippen LogP contribution in [0.5, 0.6) is 5.75 Å². The minimum absolute atomic E-state index is 0.00866. The monoisotopic (exact) mass is 358 g/mol. The Kier molecular flexibility index (Phi) is 5.69. The summed E-state index contributed by atoms with van der Waals surface area (Å²) in [4.78, 5) is 11.8. The molecule has 0 fully saturated rings. The fourth-order valence-corrected chi connectivity index (χ4v) is 3.57. The van der Waals surface area contributed by atoms with E-state index in [-0.39, 0.29) is 10.8 Å². The lowest BCUT2D eigenvalue weighted by molar-refractivity contribution is 0.0600. The molecule has 0 spiro atoms. The molecule has 0 unspecified atom stereocenters. The molecule has 0 radical (unpaired) electrons. The maximum Gasteiger partial charge on any atom is 0.337 e. The molecule has 7 heteroatoms. The largest absolute Gasteiger partial charge is 0.543 e. The number of hydrogen-bond acceptors (Lipinski definition) is 5. The zero-order chi connectivity index (χ0) is 18.1. The Morgan fingerprint density at radius 3 is 2.17 bits per heavy atom. The lowest BCUT2D eigenvalue weighted by atomic mass is 10.1. The summed E-state index contributed by atoms with van der Waals surface area (Å²) in [7, 11) is -4.02. The predicted molar refractivity (Wildman–Crippen MR) is 94.2 cm³/mol. The Morgan fingerprint density at radius 2 is 1.74 bits per heavy atom. The normalized spacial score (nSPS) is 12.8. The maximum atomic E-state index is 11.8. The van der Waals surface area contributed by atoms with Gasteiger partial charge in [-0.2, -0.15) is 0 Å². The van der Waals surface area contributed by atoms with Crippen molar-refractivity contribution in [1.29, 1.82) is 0 Å². The lowest BCUT2D eigenvalue weighted by Crippen LogP contribution is -2.43. The molecule has 0 N–H and O–H groups in total. The fourth-order valence-electron chi connectivity index (χ4n) is 1.79. The van der Waals surface area contributed by atoms with Gasteiger partial charge >= 0.3 is 5.97 Å². The number of sulfone groups is 1. The zero-order valence-corrected chi connectivity index (χ0v) is 16.7. The van der Waals surface area contributed by atoms with E-state index < -0.39 is 24.1 Å². The molecule has 0 amide bonds. The van der Waals surface area contributed by atoms with Crippen molar-refractivity contribution >= 4 is 24.1 Å². The van der Waals surface area contributed by atoms with Gasteiger partial charge < -0.3 is 9.16 Å². The summed E-state index contributed by atoms with van der Waals surface area (Å²) < 4.78 is 34.1. The molecule has 1 rings (SSSR count). The summed E-state index contributed by atoms with van der Waals surface area (Å²) in [5.74, 6) is -0.148. The van der Waals surface area contributed by atoms with E-state index in [2.05, 4.69) is 33.9 Å². The summed E-state index contributed by atoms with van der Waals surface area (Å²) in [6.45, 7) is 10.5. The number of carbonyl (C=O) groups is 1. The van der Waals surface area contributed by atoms with Crippen molar-refractivity contribution in [2.24, 2.45) is 0 Å². The van der Waals surface area contributed by atoms with Gasteiger partial charge in [-0.05, 0) is 41.9 Å². The van der Waals surface area contributed by atoms with E-state index in [1.54, 1.807) is 12.1 Å². The van der Waals surface area contributed by atoms with E-state index in [0.717, 1.165) is 6.26 Å². The van der Waals surface area contributed by atoms with E-state index in [0.29, 0.717) is 16.9 Å². The van der Waals surface area contributed by atoms with Crippen molar-refractivity contribution in [2.45, 2.75) is 44.7 Å². The average Bonchev–Trinajstić information content (AvgIpc) is 2.33. The highest BCUT2D eigenvalue weighted by Gasteiger charge is 2.39. The van der Waals surface area contributed by atoms with E-state index in [4.69, 9.17) is 9.16 Å². The highest BCUT2D eigenvalue weighted by atomic mass is 32.2. The molecule has 0 aliphatic carbocycles. The van der Waals surface area contributed by atoms with Gasteiger partial charge in [-0.15, -0.1) is 0 Å². The molecule has 0 aliphatic rings. The summed E-state index contributed by atoms with van der Waals surface area (Å²) in [5, 5.41) is -0.00866. The van der Waals surface area contributed by atoms with Crippen LogP contribution in [0.15, 0.2) is 18.2 Å². The molecule has 5 nitrogen and oxygen atoms in total. The third kappa shape index (κ3) is 5.66. The van der Waals surface area contributed by atoms with Crippen molar-refractivity contribution in [3.8, 4) is 5.75 Å². The van der Waals surface area contributed by atoms with Crippen molar-refractivity contribution in [1.82, 2.24) is 0 Å². The second-order valence-electron chi connectivity index (χ2n) is 7.29. The minimum Gasteiger partial charge on any atom is -0.543 e. The molecule has 130 valence electrons. The first kappa shape index (κ1) is 19.7. The van der Waals surface area contributed by atoms with Gasteiger partial charge in [0.05, 0.1) is 18.4 Å². The van der Waals surface area contributed by atoms with E-state index in [1.807, 2.05) is 0 Å². The third-order valence-corrected chi connectivity index (χ3v) is 9.21. The van der Waals surface area contributed by atoms with Crippen LogP contribution in [0.2, 0.25) is 18.1 Å². The number of methoxy groups -OCH3 is 1. The van der Waals surface area contributed by atoms with Crippen LogP contribution in [0, 0.1) is 0 Å². The quantitative estimate of drug-likeness (QED) is 0.596. The van der Waals surface area contributed by atoms with Gasteiger partial charge in [-0.25, -0.2) is 13.2 Å². The Balaban J connectivity index is 3.31. The van der Waals surface area contributed by atoms with Crippen molar-refractivity contribution in [3.05, 3.63) is 29.3 Å². The molecule has 0 saturated heterocycles. The summed E-state index contributed by atoms with van der Waals surface area (Å²) >= 11 is 0. The second kappa shape index (κ2) is 6.65. The highest BCUT2D eigenvalue weighted by molar-refractivity contribution is 7.89. The van der Waals surface area contributed by atoms with Gasteiger partial charge in [0.15, 0.2) is 9.84 Å². The number of benzene rings is 1. The van der Waals surface area contributed by atoms with E-state index in [1.165, 1.54) is 13.2 Å². The lowest BCUT2D eigenvalue weighted by Gasteiger charge is -2.36. The predicted octanol–water partition coefficient (Wildman–Crippen LogP) is 3.40. The standard InChI is InChI=1S/C16H26O5SSi/c1-16(2,3)23(6,7)21-14-9-12(11-22(5,18)19)8-13(10-14)15(17)20-4/h8-10H,11H2,1-7H3. The molecule has 0 atom stereocenters. The van der Waals surface area contributed by atoms with Crippen LogP contribution in [0.25, 0.3) is 0 Å². The van der Waals surface area contributed by atoms with Gasteiger partial charge in [0.25, 0.3) is 0 Å². The minimum atomic E-state index is -3.21. The molecule has 0 aliphatic heterocycles. The van der Waals surface area contributed by atoms with E-state index >= 15 is 0 Å². The van der Waals surface area contributed by atoms with Crippen molar-refractivity contribution in [2.75, 3.05) is 13.4 Å². The topological polar surface area (TPSA) is 69.7 Å². The van der Waals surface area contributed by atoms with Crippen LogP contribution < -0.4 is 4.43 Å². The first-order valence-electron chi connectivity index (χ1n) is 7.34. The number of esters is 1. The fraction of sp³-hybridized carbons (Fsp3) is 0.562. The summed E-state index contributed by atoms with van der Waals surface area (Å²) in [6.07, 6.45) is 1.16. The first-order chi connectivity index (χ1) is 10.2. The molecule has 1 aromatic rings. The van der Waals surface area contributed by atoms with Gasteiger partial charge in [0.2, 0.25) is 8.32 Å². The van der Waals surface area contributed by atoms with Crippen LogP contribution in [-0.4, -0.2) is 36.1 Å². The smallest absolute Gasteiger partial charge is 0.337 e. The number of rotatable bonds is 5. The average molecular weight is 359 g/mol. The third-order valence-electron chi connectivity index (χ3n) is 4.00. The maximum absolute atomic E-state index is 11.8. The second-order valence-corrected chi connectivity index (χ2v) is 14.2.